The number of hydrogen-bond acceptors (Lipinski definition) is 5. The number of phenols is 1. The van der Waals surface area contributed by atoms with Gasteiger partial charge in [0.15, 0.2) is 12.2 Å². The number of rotatable bonds is 9. The molecule has 3 atom stereocenters. The van der Waals surface area contributed by atoms with Crippen LogP contribution in [0.4, 0.5) is 0 Å². The van der Waals surface area contributed by atoms with Crippen LogP contribution in [0, 0.1) is 13.1 Å². The first-order valence-corrected chi connectivity index (χ1v) is 10.9. The summed E-state index contributed by atoms with van der Waals surface area (Å²) in [5.74, 6) is -1.59. The van der Waals surface area contributed by atoms with Gasteiger partial charge in [-0.05, 0) is 75.2 Å². The Hall–Kier alpha value is -1.15. The van der Waals surface area contributed by atoms with E-state index in [1.54, 1.807) is 12.1 Å². The van der Waals surface area contributed by atoms with Gasteiger partial charge in [-0.15, -0.1) is 0 Å². The van der Waals surface area contributed by atoms with Crippen molar-refractivity contribution in [3.05, 3.63) is 24.8 Å². The first-order valence-electron chi connectivity index (χ1n) is 8.73. The molecule has 1 saturated heterocycles. The predicted molar refractivity (Wildman–Crippen MR) is 118 cm³/mol. The van der Waals surface area contributed by atoms with Crippen LogP contribution < -0.4 is 10.6 Å². The average molecular weight is 616 g/mol. The van der Waals surface area contributed by atoms with Crippen molar-refractivity contribution in [2.45, 2.75) is 44.9 Å². The normalized spacial score (nSPS) is 19.2. The van der Waals surface area contributed by atoms with E-state index in [2.05, 4.69) is 10.6 Å². The van der Waals surface area contributed by atoms with Gasteiger partial charge in [-0.2, -0.15) is 0 Å². The zero-order valence-electron chi connectivity index (χ0n) is 15.4. The third-order valence-electron chi connectivity index (χ3n) is 4.16. The van der Waals surface area contributed by atoms with Gasteiger partial charge in [-0.1, -0.05) is 13.8 Å². The van der Waals surface area contributed by atoms with Gasteiger partial charge in [0, 0.05) is 13.0 Å². The Kier molecular flexibility index (Phi) is 8.30. The Morgan fingerprint density at radius 2 is 1.79 bits per heavy atom. The Bertz CT molecular complexity index is 747. The summed E-state index contributed by atoms with van der Waals surface area (Å²) in [5, 5.41) is 24.2. The smallest absolute Gasteiger partial charge is 0.336 e. The first kappa shape index (κ1) is 23.1. The number of epoxide rings is 1. The number of amides is 2. The van der Waals surface area contributed by atoms with Gasteiger partial charge >= 0.3 is 5.97 Å². The lowest BCUT2D eigenvalue weighted by Crippen LogP contribution is -2.50. The number of carbonyl (C=O) groups is 3. The summed E-state index contributed by atoms with van der Waals surface area (Å²) in [6, 6.07) is 2.60. The van der Waals surface area contributed by atoms with E-state index in [1.165, 1.54) is 0 Å². The van der Waals surface area contributed by atoms with E-state index in [-0.39, 0.29) is 18.1 Å². The van der Waals surface area contributed by atoms with Gasteiger partial charge in [-0.25, -0.2) is 4.79 Å². The van der Waals surface area contributed by atoms with Crippen LogP contribution in [0.25, 0.3) is 0 Å². The van der Waals surface area contributed by atoms with E-state index in [0.29, 0.717) is 19.6 Å². The summed E-state index contributed by atoms with van der Waals surface area (Å²) in [6.45, 7) is 4.57. The fourth-order valence-corrected chi connectivity index (χ4v) is 4.44. The minimum Gasteiger partial charge on any atom is -0.506 e. The van der Waals surface area contributed by atoms with E-state index in [4.69, 9.17) is 9.84 Å². The number of halogens is 2. The summed E-state index contributed by atoms with van der Waals surface area (Å²) in [7, 11) is 0. The van der Waals surface area contributed by atoms with Crippen molar-refractivity contribution in [1.82, 2.24) is 10.6 Å². The second-order valence-electron chi connectivity index (χ2n) is 6.96. The molecule has 1 aliphatic rings. The van der Waals surface area contributed by atoms with Crippen LogP contribution in [0.1, 0.15) is 25.8 Å². The number of benzene rings is 1. The van der Waals surface area contributed by atoms with Crippen LogP contribution >= 0.6 is 45.2 Å². The molecule has 2 rings (SSSR count). The van der Waals surface area contributed by atoms with Gasteiger partial charge in [0.1, 0.15) is 11.8 Å². The predicted octanol–water partition coefficient (Wildman–Crippen LogP) is 1.64. The quantitative estimate of drug-likeness (QED) is 0.247. The van der Waals surface area contributed by atoms with E-state index in [1.807, 2.05) is 59.0 Å². The summed E-state index contributed by atoms with van der Waals surface area (Å²) >= 11 is 4.00. The first-order chi connectivity index (χ1) is 13.1. The van der Waals surface area contributed by atoms with Crippen molar-refractivity contribution in [3.8, 4) is 5.75 Å². The lowest BCUT2D eigenvalue weighted by atomic mass is 10.0. The van der Waals surface area contributed by atoms with Crippen molar-refractivity contribution in [2.24, 2.45) is 5.92 Å². The summed E-state index contributed by atoms with van der Waals surface area (Å²) in [5.41, 5.74) is 0.766. The van der Waals surface area contributed by atoms with E-state index < -0.39 is 30.1 Å². The Balaban J connectivity index is 2.10. The van der Waals surface area contributed by atoms with Gasteiger partial charge in [-0.3, -0.25) is 9.59 Å². The van der Waals surface area contributed by atoms with E-state index in [9.17, 15) is 19.5 Å². The number of carbonyl (C=O) groups excluding carboxylic acids is 2. The molecule has 0 aliphatic carbocycles. The molecule has 2 amide bonds. The van der Waals surface area contributed by atoms with Crippen LogP contribution in [0.15, 0.2) is 12.1 Å². The van der Waals surface area contributed by atoms with Crippen molar-refractivity contribution < 1.29 is 29.3 Å². The molecule has 8 nitrogen and oxygen atoms in total. The highest BCUT2D eigenvalue weighted by Crippen LogP contribution is 2.28. The molecule has 1 fully saturated rings. The maximum Gasteiger partial charge on any atom is 0.336 e. The second-order valence-corrected chi connectivity index (χ2v) is 9.29. The molecule has 0 bridgehead atoms. The van der Waals surface area contributed by atoms with Gasteiger partial charge in [0.2, 0.25) is 5.91 Å². The fraction of sp³-hybridized carbons (Fsp3) is 0.500. The molecular weight excluding hydrogens is 594 g/mol. The minimum absolute atomic E-state index is 0.169. The zero-order chi connectivity index (χ0) is 21.0. The molecule has 0 spiro atoms. The van der Waals surface area contributed by atoms with E-state index in [0.717, 1.165) is 12.0 Å². The molecule has 0 saturated carbocycles. The maximum absolute atomic E-state index is 12.6. The molecule has 1 aromatic carbocycles. The zero-order valence-corrected chi connectivity index (χ0v) is 19.7. The third kappa shape index (κ3) is 6.44. The van der Waals surface area contributed by atoms with Crippen molar-refractivity contribution in [1.29, 1.82) is 0 Å². The molecular formula is C18H22I2N2O6. The van der Waals surface area contributed by atoms with Crippen LogP contribution in [0.2, 0.25) is 0 Å². The van der Waals surface area contributed by atoms with Crippen molar-refractivity contribution in [2.75, 3.05) is 6.54 Å². The Morgan fingerprint density at radius 3 is 2.29 bits per heavy atom. The molecule has 1 aliphatic heterocycles. The van der Waals surface area contributed by atoms with Crippen molar-refractivity contribution in [3.63, 3.8) is 0 Å². The van der Waals surface area contributed by atoms with Gasteiger partial charge in [0.05, 0.1) is 7.14 Å². The highest BCUT2D eigenvalue weighted by Gasteiger charge is 2.51. The Morgan fingerprint density at radius 1 is 1.18 bits per heavy atom. The number of carboxylic acid groups (broad SMARTS) is 1. The molecule has 28 heavy (non-hydrogen) atoms. The number of ether oxygens (including phenoxy) is 1. The molecule has 4 N–H and O–H groups in total. The molecule has 154 valence electrons. The number of aromatic hydroxyl groups is 1. The van der Waals surface area contributed by atoms with Crippen LogP contribution in [-0.2, 0) is 25.5 Å². The summed E-state index contributed by atoms with van der Waals surface area (Å²) in [4.78, 5) is 35.8. The number of carboxylic acids is 1. The summed E-state index contributed by atoms with van der Waals surface area (Å²) in [6.07, 6.45) is -1.24. The number of nitrogens with one attached hydrogen (secondary N) is 2. The second kappa shape index (κ2) is 10.1. The molecule has 0 unspecified atom stereocenters. The Labute approximate surface area is 190 Å². The van der Waals surface area contributed by atoms with E-state index >= 15 is 0 Å². The average Bonchev–Trinajstić information content (AvgIpc) is 3.39. The van der Waals surface area contributed by atoms with Gasteiger partial charge in [0.25, 0.3) is 5.91 Å². The van der Waals surface area contributed by atoms with Crippen LogP contribution in [0.5, 0.6) is 5.75 Å². The van der Waals surface area contributed by atoms with Crippen LogP contribution in [0.3, 0.4) is 0 Å². The standard InChI is InChI=1S/C18H22I2N2O6/c1-8(2)3-4-21-16(24)12(22-17(25)14-15(28-14)18(26)27)7-9-5-10(19)13(23)11(20)6-9/h5-6,8,12,14-15,23H,3-4,7H2,1-2H3,(H,21,24)(H,22,25)(H,26,27)/t12-,14+,15+/m0/s1. The van der Waals surface area contributed by atoms with Gasteiger partial charge < -0.3 is 25.6 Å². The number of hydrogen-bond donors (Lipinski definition) is 4. The highest BCUT2D eigenvalue weighted by atomic mass is 127. The SMILES string of the molecule is CC(C)CCNC(=O)[C@H](Cc1cc(I)c(O)c(I)c1)NC(=O)[C@@H]1O[C@H]1C(=O)O. The van der Waals surface area contributed by atoms with Crippen molar-refractivity contribution >= 4 is 63.0 Å². The molecule has 1 aromatic rings. The third-order valence-corrected chi connectivity index (χ3v) is 5.81. The lowest BCUT2D eigenvalue weighted by Gasteiger charge is -2.19. The number of phenolic OH excluding ortho intramolecular Hbond substituents is 1. The highest BCUT2D eigenvalue weighted by molar-refractivity contribution is 14.1. The van der Waals surface area contributed by atoms with Crippen LogP contribution in [-0.4, -0.2) is 52.8 Å². The maximum atomic E-state index is 12.6. The topological polar surface area (TPSA) is 128 Å². The molecule has 0 aromatic heterocycles. The lowest BCUT2D eigenvalue weighted by molar-refractivity contribution is -0.138. The largest absolute Gasteiger partial charge is 0.506 e. The molecule has 1 heterocycles. The summed E-state index contributed by atoms with van der Waals surface area (Å²) < 4.78 is 6.14. The fourth-order valence-electron chi connectivity index (χ4n) is 2.54. The monoisotopic (exact) mass is 616 g/mol. The number of aliphatic carboxylic acids is 1. The minimum atomic E-state index is -1.21. The molecule has 0 radical (unpaired) electrons. The molecule has 10 heteroatoms.